The van der Waals surface area contributed by atoms with Crippen molar-refractivity contribution in [3.05, 3.63) is 29.8 Å². The Balaban J connectivity index is 2.23. The van der Waals surface area contributed by atoms with Gasteiger partial charge >= 0.3 is 0 Å². The number of aryl methyl sites for hydroxylation is 1. The summed E-state index contributed by atoms with van der Waals surface area (Å²) in [5.41, 5.74) is 1.07. The van der Waals surface area contributed by atoms with Crippen LogP contribution >= 0.6 is 0 Å². The third-order valence-electron chi connectivity index (χ3n) is 2.87. The number of benzene rings is 1. The molecular weight excluding hydrogens is 264 g/mol. The highest BCUT2D eigenvalue weighted by molar-refractivity contribution is 7.85. The number of rotatable bonds is 9. The Bertz CT molecular complexity index is 451. The summed E-state index contributed by atoms with van der Waals surface area (Å²) in [6.07, 6.45) is 5.17. The first-order valence-electron chi connectivity index (χ1n) is 6.68. The van der Waals surface area contributed by atoms with Crippen molar-refractivity contribution < 1.29 is 17.7 Å². The van der Waals surface area contributed by atoms with Crippen LogP contribution in [0.3, 0.4) is 0 Å². The second-order valence-electron chi connectivity index (χ2n) is 4.54. The smallest absolute Gasteiger partial charge is 0.294 e. The average Bonchev–Trinajstić information content (AvgIpc) is 2.37. The Hall–Kier alpha value is -0.910. The van der Waals surface area contributed by atoms with Gasteiger partial charge in [0.05, 0.1) is 4.90 Å². The molecule has 1 aromatic carbocycles. The van der Waals surface area contributed by atoms with Gasteiger partial charge in [-0.2, -0.15) is 8.42 Å². The van der Waals surface area contributed by atoms with Crippen LogP contribution in [-0.2, 0) is 21.3 Å². The lowest BCUT2D eigenvalue weighted by atomic mass is 10.1. The maximum Gasteiger partial charge on any atom is 0.294 e. The third-order valence-corrected chi connectivity index (χ3v) is 3.74. The van der Waals surface area contributed by atoms with E-state index in [0.717, 1.165) is 50.9 Å². The first kappa shape index (κ1) is 16.1. The van der Waals surface area contributed by atoms with Crippen molar-refractivity contribution in [2.75, 3.05) is 13.2 Å². The second kappa shape index (κ2) is 8.30. The summed E-state index contributed by atoms with van der Waals surface area (Å²) in [6.45, 7) is 3.75. The lowest BCUT2D eigenvalue weighted by Crippen LogP contribution is -1.99. The van der Waals surface area contributed by atoms with E-state index in [2.05, 4.69) is 6.92 Å². The van der Waals surface area contributed by atoms with E-state index in [0.29, 0.717) is 0 Å². The van der Waals surface area contributed by atoms with Gasteiger partial charge in [-0.05, 0) is 43.4 Å². The van der Waals surface area contributed by atoms with Crippen LogP contribution in [-0.4, -0.2) is 26.2 Å². The maximum absolute atomic E-state index is 10.9. The van der Waals surface area contributed by atoms with Crippen LogP contribution < -0.4 is 0 Å². The lowest BCUT2D eigenvalue weighted by Gasteiger charge is -2.04. The van der Waals surface area contributed by atoms with Crippen LogP contribution in [0, 0.1) is 0 Å². The molecule has 0 saturated carbocycles. The van der Waals surface area contributed by atoms with E-state index in [1.807, 2.05) is 0 Å². The monoisotopic (exact) mass is 286 g/mol. The topological polar surface area (TPSA) is 63.6 Å². The highest BCUT2D eigenvalue weighted by Gasteiger charge is 2.07. The molecule has 0 saturated heterocycles. The van der Waals surface area contributed by atoms with Crippen molar-refractivity contribution in [3.63, 3.8) is 0 Å². The second-order valence-corrected chi connectivity index (χ2v) is 5.96. The van der Waals surface area contributed by atoms with Gasteiger partial charge in [0.15, 0.2) is 0 Å². The maximum atomic E-state index is 10.9. The molecule has 0 aromatic heterocycles. The fourth-order valence-corrected chi connectivity index (χ4v) is 2.19. The number of hydrogen-bond donors (Lipinski definition) is 1. The first-order valence-corrected chi connectivity index (χ1v) is 8.12. The van der Waals surface area contributed by atoms with E-state index in [9.17, 15) is 8.42 Å². The molecule has 0 unspecified atom stereocenters. The summed E-state index contributed by atoms with van der Waals surface area (Å²) in [4.78, 5) is -0.0563. The van der Waals surface area contributed by atoms with Gasteiger partial charge in [0, 0.05) is 13.2 Å². The van der Waals surface area contributed by atoms with Crippen LogP contribution in [0.5, 0.6) is 0 Å². The Labute approximate surface area is 115 Å². The molecule has 0 bridgehead atoms. The molecular formula is C14H22O4S. The molecule has 0 radical (unpaired) electrons. The van der Waals surface area contributed by atoms with Gasteiger partial charge in [-0.15, -0.1) is 0 Å². The van der Waals surface area contributed by atoms with E-state index < -0.39 is 10.1 Å². The summed E-state index contributed by atoms with van der Waals surface area (Å²) in [5, 5.41) is 0. The Morgan fingerprint density at radius 1 is 1.05 bits per heavy atom. The predicted molar refractivity (Wildman–Crippen MR) is 74.9 cm³/mol. The highest BCUT2D eigenvalue weighted by Crippen LogP contribution is 2.12. The SMILES string of the molecule is CCCCOCCCCc1ccc(S(=O)(=O)O)cc1. The first-order chi connectivity index (χ1) is 9.04. The van der Waals surface area contributed by atoms with Crippen LogP contribution in [0.2, 0.25) is 0 Å². The normalized spacial score (nSPS) is 11.7. The summed E-state index contributed by atoms with van der Waals surface area (Å²) in [5.74, 6) is 0. The minimum absolute atomic E-state index is 0.0563. The molecule has 19 heavy (non-hydrogen) atoms. The van der Waals surface area contributed by atoms with Crippen molar-refractivity contribution in [1.29, 1.82) is 0 Å². The molecule has 108 valence electrons. The summed E-state index contributed by atoms with van der Waals surface area (Å²) >= 11 is 0. The van der Waals surface area contributed by atoms with Crippen molar-refractivity contribution in [2.45, 2.75) is 43.9 Å². The van der Waals surface area contributed by atoms with Crippen LogP contribution in [0.25, 0.3) is 0 Å². The van der Waals surface area contributed by atoms with Crippen LogP contribution in [0.1, 0.15) is 38.2 Å². The number of ether oxygens (including phenoxy) is 1. The van der Waals surface area contributed by atoms with Crippen LogP contribution in [0.4, 0.5) is 0 Å². The molecule has 1 N–H and O–H groups in total. The van der Waals surface area contributed by atoms with Crippen molar-refractivity contribution in [1.82, 2.24) is 0 Å². The molecule has 5 heteroatoms. The molecule has 1 aromatic rings. The fraction of sp³-hybridized carbons (Fsp3) is 0.571. The largest absolute Gasteiger partial charge is 0.381 e. The van der Waals surface area contributed by atoms with Gasteiger partial charge in [0.25, 0.3) is 10.1 Å². The van der Waals surface area contributed by atoms with Gasteiger partial charge in [0.2, 0.25) is 0 Å². The zero-order valence-electron chi connectivity index (χ0n) is 11.3. The predicted octanol–water partition coefficient (Wildman–Crippen LogP) is 3.07. The summed E-state index contributed by atoms with van der Waals surface area (Å²) in [6, 6.07) is 6.34. The minimum atomic E-state index is -4.08. The quantitative estimate of drug-likeness (QED) is 0.560. The summed E-state index contributed by atoms with van der Waals surface area (Å²) < 4.78 is 36.1. The minimum Gasteiger partial charge on any atom is -0.381 e. The van der Waals surface area contributed by atoms with Gasteiger partial charge < -0.3 is 4.74 Å². The van der Waals surface area contributed by atoms with E-state index >= 15 is 0 Å². The molecule has 0 amide bonds. The van der Waals surface area contributed by atoms with E-state index in [4.69, 9.17) is 9.29 Å². The van der Waals surface area contributed by atoms with E-state index in [-0.39, 0.29) is 4.90 Å². The van der Waals surface area contributed by atoms with Crippen LogP contribution in [0.15, 0.2) is 29.2 Å². The molecule has 0 spiro atoms. The Morgan fingerprint density at radius 2 is 1.68 bits per heavy atom. The van der Waals surface area contributed by atoms with E-state index in [1.54, 1.807) is 12.1 Å². The standard InChI is InChI=1S/C14H22O4S/c1-2-3-11-18-12-5-4-6-13-7-9-14(10-8-13)19(15,16)17/h7-10H,2-6,11-12H2,1H3,(H,15,16,17). The highest BCUT2D eigenvalue weighted by atomic mass is 32.2. The molecule has 0 atom stereocenters. The molecule has 4 nitrogen and oxygen atoms in total. The zero-order valence-corrected chi connectivity index (χ0v) is 12.2. The molecule has 0 heterocycles. The molecule has 0 aliphatic carbocycles. The average molecular weight is 286 g/mol. The van der Waals surface area contributed by atoms with Gasteiger partial charge in [-0.3, -0.25) is 4.55 Å². The van der Waals surface area contributed by atoms with Crippen molar-refractivity contribution >= 4 is 10.1 Å². The molecule has 0 aliphatic heterocycles. The lowest BCUT2D eigenvalue weighted by molar-refractivity contribution is 0.127. The third kappa shape index (κ3) is 6.71. The molecule has 0 aliphatic rings. The van der Waals surface area contributed by atoms with Gasteiger partial charge in [-0.25, -0.2) is 0 Å². The van der Waals surface area contributed by atoms with Crippen molar-refractivity contribution in [3.8, 4) is 0 Å². The number of unbranched alkanes of at least 4 members (excludes halogenated alkanes) is 2. The fourth-order valence-electron chi connectivity index (χ4n) is 1.71. The zero-order chi connectivity index (χ0) is 14.1. The Morgan fingerprint density at radius 3 is 2.26 bits per heavy atom. The Kier molecular flexibility index (Phi) is 7.05. The van der Waals surface area contributed by atoms with Gasteiger partial charge in [0.1, 0.15) is 0 Å². The van der Waals surface area contributed by atoms with Crippen molar-refractivity contribution in [2.24, 2.45) is 0 Å². The molecule has 1 rings (SSSR count). The van der Waals surface area contributed by atoms with Gasteiger partial charge in [-0.1, -0.05) is 25.5 Å². The number of hydrogen-bond acceptors (Lipinski definition) is 3. The summed E-state index contributed by atoms with van der Waals surface area (Å²) in [7, 11) is -4.08. The molecule has 0 fully saturated rings. The van der Waals surface area contributed by atoms with E-state index in [1.165, 1.54) is 12.1 Å².